The predicted molar refractivity (Wildman–Crippen MR) is 57.8 cm³/mol. The first-order chi connectivity index (χ1) is 6.83. The van der Waals surface area contributed by atoms with Gasteiger partial charge < -0.3 is 4.74 Å². The molecule has 0 unspecified atom stereocenters. The summed E-state index contributed by atoms with van der Waals surface area (Å²) in [6, 6.07) is 0. The Bertz CT molecular complexity index is 292. The third-order valence-corrected chi connectivity index (χ3v) is 2.32. The summed E-state index contributed by atoms with van der Waals surface area (Å²) in [4.78, 5) is 0. The second-order valence-electron chi connectivity index (χ2n) is 3.16. The van der Waals surface area contributed by atoms with Gasteiger partial charge >= 0.3 is 0 Å². The van der Waals surface area contributed by atoms with Gasteiger partial charge in [0.05, 0.1) is 12.3 Å². The molecule has 0 aliphatic carbocycles. The molecule has 0 fully saturated rings. The van der Waals surface area contributed by atoms with Gasteiger partial charge in [0.15, 0.2) is 0 Å². The van der Waals surface area contributed by atoms with E-state index in [9.17, 15) is 0 Å². The topological polar surface area (TPSA) is 27.1 Å². The Morgan fingerprint density at radius 3 is 2.71 bits per heavy atom. The molecular weight excluding hydrogens is 176 g/mol. The SMILES string of the molecule is CC.CCc1nn2c(c1C)OCCC2. The fourth-order valence-corrected chi connectivity index (χ4v) is 1.64. The summed E-state index contributed by atoms with van der Waals surface area (Å²) in [5.74, 6) is 0.984. The summed E-state index contributed by atoms with van der Waals surface area (Å²) >= 11 is 0. The largest absolute Gasteiger partial charge is 0.478 e. The molecule has 3 heteroatoms. The molecule has 3 nitrogen and oxygen atoms in total. The molecular formula is C11H20N2O. The lowest BCUT2D eigenvalue weighted by Gasteiger charge is -2.14. The smallest absolute Gasteiger partial charge is 0.215 e. The van der Waals surface area contributed by atoms with Crippen molar-refractivity contribution < 1.29 is 4.74 Å². The van der Waals surface area contributed by atoms with Gasteiger partial charge in [0.25, 0.3) is 0 Å². The van der Waals surface area contributed by atoms with Crippen molar-refractivity contribution in [3.05, 3.63) is 11.3 Å². The Balaban J connectivity index is 0.000000461. The van der Waals surface area contributed by atoms with E-state index in [0.29, 0.717) is 0 Å². The average Bonchev–Trinajstić information content (AvgIpc) is 2.59. The Morgan fingerprint density at radius 1 is 1.43 bits per heavy atom. The van der Waals surface area contributed by atoms with E-state index in [4.69, 9.17) is 4.74 Å². The summed E-state index contributed by atoms with van der Waals surface area (Å²) in [6.45, 7) is 10.1. The third-order valence-electron chi connectivity index (χ3n) is 2.32. The fraction of sp³-hybridized carbons (Fsp3) is 0.727. The van der Waals surface area contributed by atoms with Gasteiger partial charge in [-0.1, -0.05) is 20.8 Å². The van der Waals surface area contributed by atoms with E-state index in [2.05, 4.69) is 18.9 Å². The first kappa shape index (κ1) is 11.1. The van der Waals surface area contributed by atoms with Crippen LogP contribution in [0.15, 0.2) is 0 Å². The van der Waals surface area contributed by atoms with Gasteiger partial charge in [-0.05, 0) is 13.3 Å². The van der Waals surface area contributed by atoms with Crippen LogP contribution < -0.4 is 4.74 Å². The quantitative estimate of drug-likeness (QED) is 0.690. The summed E-state index contributed by atoms with van der Waals surface area (Å²) in [5, 5.41) is 4.46. The first-order valence-electron chi connectivity index (χ1n) is 5.52. The molecule has 2 heterocycles. The van der Waals surface area contributed by atoms with Crippen LogP contribution in [0.25, 0.3) is 0 Å². The molecule has 0 atom stereocenters. The van der Waals surface area contributed by atoms with Crippen LogP contribution in [-0.2, 0) is 13.0 Å². The summed E-state index contributed by atoms with van der Waals surface area (Å²) in [5.41, 5.74) is 2.39. The van der Waals surface area contributed by atoms with E-state index in [-0.39, 0.29) is 0 Å². The summed E-state index contributed by atoms with van der Waals surface area (Å²) < 4.78 is 7.52. The lowest BCUT2D eigenvalue weighted by Crippen LogP contribution is -2.14. The molecule has 14 heavy (non-hydrogen) atoms. The molecule has 0 amide bonds. The molecule has 1 aromatic rings. The van der Waals surface area contributed by atoms with Crippen molar-refractivity contribution in [2.45, 2.75) is 47.1 Å². The van der Waals surface area contributed by atoms with Crippen molar-refractivity contribution in [2.24, 2.45) is 0 Å². The van der Waals surface area contributed by atoms with Crippen molar-refractivity contribution in [2.75, 3.05) is 6.61 Å². The Kier molecular flexibility index (Phi) is 3.98. The molecule has 0 radical (unpaired) electrons. The highest BCUT2D eigenvalue weighted by atomic mass is 16.5. The van der Waals surface area contributed by atoms with Gasteiger partial charge in [-0.2, -0.15) is 5.10 Å². The van der Waals surface area contributed by atoms with Crippen LogP contribution in [0, 0.1) is 6.92 Å². The van der Waals surface area contributed by atoms with Crippen molar-refractivity contribution in [1.29, 1.82) is 0 Å². The number of hydrogen-bond donors (Lipinski definition) is 0. The number of ether oxygens (including phenoxy) is 1. The highest BCUT2D eigenvalue weighted by Crippen LogP contribution is 2.24. The Hall–Kier alpha value is -0.990. The lowest BCUT2D eigenvalue weighted by molar-refractivity contribution is 0.229. The number of aryl methyl sites for hydroxylation is 2. The standard InChI is InChI=1S/C9H14N2O.C2H6/c1-3-8-7(2)9-11(10-8)5-4-6-12-9;1-2/h3-6H2,1-2H3;1-2H3. The minimum absolute atomic E-state index is 0.843. The van der Waals surface area contributed by atoms with Gasteiger partial charge in [-0.15, -0.1) is 0 Å². The van der Waals surface area contributed by atoms with Gasteiger partial charge in [0.1, 0.15) is 0 Å². The Morgan fingerprint density at radius 2 is 2.14 bits per heavy atom. The second-order valence-corrected chi connectivity index (χ2v) is 3.16. The highest BCUT2D eigenvalue weighted by Gasteiger charge is 2.17. The zero-order valence-corrected chi connectivity index (χ0v) is 9.63. The molecule has 80 valence electrons. The minimum atomic E-state index is 0.843. The number of hydrogen-bond acceptors (Lipinski definition) is 2. The Labute approximate surface area is 86.1 Å². The molecule has 0 N–H and O–H groups in total. The molecule has 1 aromatic heterocycles. The van der Waals surface area contributed by atoms with Crippen LogP contribution in [0.2, 0.25) is 0 Å². The van der Waals surface area contributed by atoms with Crippen LogP contribution in [0.3, 0.4) is 0 Å². The third kappa shape index (κ3) is 1.91. The van der Waals surface area contributed by atoms with Crippen LogP contribution in [0.5, 0.6) is 5.88 Å². The van der Waals surface area contributed by atoms with E-state index in [1.165, 1.54) is 11.3 Å². The fourth-order valence-electron chi connectivity index (χ4n) is 1.64. The molecule has 0 bridgehead atoms. The summed E-state index contributed by atoms with van der Waals surface area (Å²) in [6.07, 6.45) is 2.08. The van der Waals surface area contributed by atoms with Gasteiger partial charge in [-0.25, -0.2) is 4.68 Å². The van der Waals surface area contributed by atoms with Gasteiger partial charge in [0, 0.05) is 18.5 Å². The molecule has 0 aromatic carbocycles. The lowest BCUT2D eigenvalue weighted by atomic mass is 10.2. The molecule has 1 aliphatic rings. The maximum absolute atomic E-state index is 5.54. The minimum Gasteiger partial charge on any atom is -0.478 e. The van der Waals surface area contributed by atoms with Crippen molar-refractivity contribution in [3.63, 3.8) is 0 Å². The number of aromatic nitrogens is 2. The second kappa shape index (κ2) is 5.03. The van der Waals surface area contributed by atoms with Crippen molar-refractivity contribution in [1.82, 2.24) is 9.78 Å². The molecule has 0 saturated carbocycles. The number of rotatable bonds is 1. The maximum Gasteiger partial charge on any atom is 0.215 e. The van der Waals surface area contributed by atoms with E-state index < -0.39 is 0 Å². The van der Waals surface area contributed by atoms with E-state index in [1.807, 2.05) is 18.5 Å². The predicted octanol–water partition coefficient (Wildman–Crippen LogP) is 2.56. The van der Waals surface area contributed by atoms with Gasteiger partial charge in [-0.3, -0.25) is 0 Å². The van der Waals surface area contributed by atoms with E-state index >= 15 is 0 Å². The van der Waals surface area contributed by atoms with E-state index in [1.54, 1.807) is 0 Å². The molecule has 0 saturated heterocycles. The van der Waals surface area contributed by atoms with Crippen LogP contribution in [0.4, 0.5) is 0 Å². The van der Waals surface area contributed by atoms with Crippen LogP contribution >= 0.6 is 0 Å². The number of nitrogens with zero attached hydrogens (tertiary/aromatic N) is 2. The van der Waals surface area contributed by atoms with E-state index in [0.717, 1.165) is 31.9 Å². The maximum atomic E-state index is 5.54. The molecule has 0 spiro atoms. The van der Waals surface area contributed by atoms with Gasteiger partial charge in [0.2, 0.25) is 5.88 Å². The van der Waals surface area contributed by atoms with Crippen molar-refractivity contribution in [3.8, 4) is 5.88 Å². The zero-order valence-electron chi connectivity index (χ0n) is 9.63. The number of fused-ring (bicyclic) bond motifs is 1. The summed E-state index contributed by atoms with van der Waals surface area (Å²) in [7, 11) is 0. The monoisotopic (exact) mass is 196 g/mol. The normalized spacial score (nSPS) is 13.7. The van der Waals surface area contributed by atoms with Crippen LogP contribution in [-0.4, -0.2) is 16.4 Å². The molecule has 2 rings (SSSR count). The first-order valence-corrected chi connectivity index (χ1v) is 5.52. The average molecular weight is 196 g/mol. The highest BCUT2D eigenvalue weighted by molar-refractivity contribution is 5.30. The van der Waals surface area contributed by atoms with Crippen molar-refractivity contribution >= 4 is 0 Å². The molecule has 1 aliphatic heterocycles. The van der Waals surface area contributed by atoms with Crippen LogP contribution in [0.1, 0.15) is 38.4 Å². The zero-order chi connectivity index (χ0) is 10.6.